The van der Waals surface area contributed by atoms with Crippen LogP contribution < -0.4 is 0 Å². The highest BCUT2D eigenvalue weighted by Crippen LogP contribution is 2.28. The van der Waals surface area contributed by atoms with Gasteiger partial charge in [-0.1, -0.05) is 0 Å². The van der Waals surface area contributed by atoms with E-state index in [-0.39, 0.29) is 0 Å². The number of aliphatic hydroxyl groups excluding tert-OH is 1. The van der Waals surface area contributed by atoms with Gasteiger partial charge in [-0.05, 0) is 11.6 Å². The van der Waals surface area contributed by atoms with E-state index in [1.54, 1.807) is 0 Å². The molecular weight excluding hydrogens is 178 g/mol. The van der Waals surface area contributed by atoms with Crippen molar-refractivity contribution in [2.45, 2.75) is 5.38 Å². The smallest absolute Gasteiger partial charge is 0.381 e. The van der Waals surface area contributed by atoms with Crippen molar-refractivity contribution in [3.05, 3.63) is 11.3 Å². The van der Waals surface area contributed by atoms with E-state index in [0.717, 1.165) is 12.1 Å². The summed E-state index contributed by atoms with van der Waals surface area (Å²) in [5, 5.41) is 20.3. The Morgan fingerprint density at radius 3 is 1.82 bits per heavy atom. The second-order valence-corrected chi connectivity index (χ2v) is 1.92. The SMILES string of the molecule is N#CC(C#N)=C(O)C(F)(F)Cl. The number of rotatable bonds is 1. The fraction of sp³-hybridized carbons (Fsp3) is 0.200. The van der Waals surface area contributed by atoms with E-state index in [1.807, 2.05) is 0 Å². The number of hydrogen-bond acceptors (Lipinski definition) is 3. The molecule has 0 rings (SSSR count). The molecule has 0 spiro atoms. The van der Waals surface area contributed by atoms with Gasteiger partial charge in [-0.2, -0.15) is 19.3 Å². The standard InChI is InChI=1S/C5HClF2N2O/c6-5(7,8)4(11)3(1-9)2-10/h11H. The van der Waals surface area contributed by atoms with Crippen LogP contribution in [-0.4, -0.2) is 10.5 Å². The summed E-state index contributed by atoms with van der Waals surface area (Å²) in [6.07, 6.45) is 0. The van der Waals surface area contributed by atoms with Crippen molar-refractivity contribution in [2.75, 3.05) is 0 Å². The molecular formula is C5HClF2N2O. The molecule has 11 heavy (non-hydrogen) atoms. The maximum absolute atomic E-state index is 11.9. The molecule has 0 atom stereocenters. The van der Waals surface area contributed by atoms with Gasteiger partial charge in [0.2, 0.25) is 5.76 Å². The van der Waals surface area contributed by atoms with Gasteiger partial charge < -0.3 is 5.11 Å². The molecule has 0 aliphatic heterocycles. The van der Waals surface area contributed by atoms with E-state index < -0.39 is 16.7 Å². The molecule has 0 aliphatic rings. The molecule has 0 radical (unpaired) electrons. The number of halogens is 3. The van der Waals surface area contributed by atoms with Crippen LogP contribution in [0.5, 0.6) is 0 Å². The van der Waals surface area contributed by atoms with Crippen molar-refractivity contribution in [1.82, 2.24) is 0 Å². The molecule has 0 aromatic carbocycles. The summed E-state index contributed by atoms with van der Waals surface area (Å²) < 4.78 is 23.8. The molecule has 0 amide bonds. The summed E-state index contributed by atoms with van der Waals surface area (Å²) in [4.78, 5) is 0. The highest BCUT2D eigenvalue weighted by molar-refractivity contribution is 6.23. The summed E-state index contributed by atoms with van der Waals surface area (Å²) >= 11 is 4.29. The van der Waals surface area contributed by atoms with Crippen molar-refractivity contribution < 1.29 is 13.9 Å². The second-order valence-electron chi connectivity index (χ2n) is 1.44. The minimum Gasteiger partial charge on any atom is -0.504 e. The highest BCUT2D eigenvalue weighted by Gasteiger charge is 2.34. The highest BCUT2D eigenvalue weighted by atomic mass is 35.5. The zero-order valence-corrected chi connectivity index (χ0v) is 5.73. The van der Waals surface area contributed by atoms with Crippen molar-refractivity contribution in [3.8, 4) is 12.1 Å². The molecule has 6 heteroatoms. The topological polar surface area (TPSA) is 67.8 Å². The summed E-state index contributed by atoms with van der Waals surface area (Å²) in [7, 11) is 0. The number of alkyl halides is 3. The van der Waals surface area contributed by atoms with Gasteiger partial charge in [-0.25, -0.2) is 0 Å². The van der Waals surface area contributed by atoms with E-state index in [0.29, 0.717) is 0 Å². The van der Waals surface area contributed by atoms with Gasteiger partial charge in [0.15, 0.2) is 5.57 Å². The fourth-order valence-corrected chi connectivity index (χ4v) is 0.367. The normalized spacial score (nSPS) is 9.55. The Bertz CT molecular complexity index is 252. The Kier molecular flexibility index (Phi) is 2.79. The molecule has 0 unspecified atom stereocenters. The van der Waals surface area contributed by atoms with E-state index in [1.165, 1.54) is 0 Å². The lowest BCUT2D eigenvalue weighted by atomic mass is 10.3. The monoisotopic (exact) mass is 178 g/mol. The molecule has 0 aromatic rings. The first-order valence-corrected chi connectivity index (χ1v) is 2.62. The van der Waals surface area contributed by atoms with Crippen LogP contribution in [0.2, 0.25) is 0 Å². The van der Waals surface area contributed by atoms with Crippen LogP contribution >= 0.6 is 11.6 Å². The first-order chi connectivity index (χ1) is 4.93. The maximum atomic E-state index is 11.9. The average molecular weight is 179 g/mol. The van der Waals surface area contributed by atoms with Gasteiger partial charge in [0, 0.05) is 0 Å². The third-order valence-electron chi connectivity index (χ3n) is 0.729. The van der Waals surface area contributed by atoms with Crippen LogP contribution in [-0.2, 0) is 0 Å². The Morgan fingerprint density at radius 1 is 1.36 bits per heavy atom. The van der Waals surface area contributed by atoms with Crippen LogP contribution in [0.3, 0.4) is 0 Å². The zero-order chi connectivity index (χ0) is 9.07. The minimum atomic E-state index is -4.05. The summed E-state index contributed by atoms with van der Waals surface area (Å²) in [5.41, 5.74) is -1.09. The predicted octanol–water partition coefficient (Wildman–Crippen LogP) is 1.68. The molecule has 0 bridgehead atoms. The van der Waals surface area contributed by atoms with Gasteiger partial charge in [0.1, 0.15) is 12.1 Å². The quantitative estimate of drug-likeness (QED) is 0.377. The van der Waals surface area contributed by atoms with Crippen LogP contribution in [0.1, 0.15) is 0 Å². The first kappa shape index (κ1) is 9.67. The molecule has 0 aliphatic carbocycles. The summed E-state index contributed by atoms with van der Waals surface area (Å²) in [6, 6.07) is 2.12. The van der Waals surface area contributed by atoms with Gasteiger partial charge in [0.05, 0.1) is 0 Å². The van der Waals surface area contributed by atoms with Crippen molar-refractivity contribution in [1.29, 1.82) is 10.5 Å². The van der Waals surface area contributed by atoms with E-state index in [4.69, 9.17) is 15.6 Å². The van der Waals surface area contributed by atoms with Gasteiger partial charge in [-0.3, -0.25) is 0 Å². The Balaban J connectivity index is 5.01. The second kappa shape index (κ2) is 3.18. The number of allylic oxidation sites excluding steroid dienone is 2. The van der Waals surface area contributed by atoms with Crippen LogP contribution in [0, 0.1) is 22.7 Å². The Hall–Kier alpha value is -1.33. The van der Waals surface area contributed by atoms with Gasteiger partial charge >= 0.3 is 5.38 Å². The summed E-state index contributed by atoms with van der Waals surface area (Å²) in [6.45, 7) is 0. The fourth-order valence-electron chi connectivity index (χ4n) is 0.273. The minimum absolute atomic E-state index is 1.06. The van der Waals surface area contributed by atoms with Crippen molar-refractivity contribution in [2.24, 2.45) is 0 Å². The van der Waals surface area contributed by atoms with Gasteiger partial charge in [-0.15, -0.1) is 0 Å². The lowest BCUT2D eigenvalue weighted by Gasteiger charge is -2.04. The van der Waals surface area contributed by atoms with Crippen molar-refractivity contribution >= 4 is 11.6 Å². The molecule has 0 saturated carbocycles. The molecule has 1 N–H and O–H groups in total. The lowest BCUT2D eigenvalue weighted by molar-refractivity contribution is 0.0836. The Morgan fingerprint density at radius 2 is 1.73 bits per heavy atom. The number of hydrogen-bond donors (Lipinski definition) is 1. The van der Waals surface area contributed by atoms with E-state index >= 15 is 0 Å². The van der Waals surface area contributed by atoms with E-state index in [9.17, 15) is 8.78 Å². The molecule has 3 nitrogen and oxygen atoms in total. The maximum Gasteiger partial charge on any atom is 0.381 e. The van der Waals surface area contributed by atoms with Gasteiger partial charge in [0.25, 0.3) is 0 Å². The Labute approximate surface area is 65.7 Å². The number of nitrogens with zero attached hydrogens (tertiary/aromatic N) is 2. The molecule has 0 saturated heterocycles. The first-order valence-electron chi connectivity index (χ1n) is 2.24. The average Bonchev–Trinajstić information content (AvgIpc) is 1.88. The molecule has 0 aromatic heterocycles. The third-order valence-corrected chi connectivity index (χ3v) is 0.908. The van der Waals surface area contributed by atoms with Crippen LogP contribution in [0.4, 0.5) is 8.78 Å². The largest absolute Gasteiger partial charge is 0.504 e. The number of aliphatic hydroxyl groups is 1. The van der Waals surface area contributed by atoms with Crippen LogP contribution in [0.25, 0.3) is 0 Å². The lowest BCUT2D eigenvalue weighted by Crippen LogP contribution is -2.11. The van der Waals surface area contributed by atoms with Crippen LogP contribution in [0.15, 0.2) is 11.3 Å². The third kappa shape index (κ3) is 2.40. The van der Waals surface area contributed by atoms with E-state index in [2.05, 4.69) is 11.6 Å². The van der Waals surface area contributed by atoms with Crippen molar-refractivity contribution in [3.63, 3.8) is 0 Å². The number of nitriles is 2. The zero-order valence-electron chi connectivity index (χ0n) is 4.98. The summed E-state index contributed by atoms with van der Waals surface area (Å²) in [5.74, 6) is -1.72. The predicted molar refractivity (Wildman–Crippen MR) is 31.7 cm³/mol. The molecule has 0 heterocycles. The molecule has 0 fully saturated rings. The molecule has 58 valence electrons.